The molecule has 5 heteroatoms. The monoisotopic (exact) mass is 873 g/mol. The summed E-state index contributed by atoms with van der Waals surface area (Å²) in [5, 5.41) is 4.31. The molecule has 3 heterocycles. The molecule has 0 saturated carbocycles. The standard InChI is InChI=1S/C63H47N5/c1-5-19-60-55(6-2)66-62(68(60)47-22-11-8-12-23-47)43-32-30-42(31-33-43)61-64-56(41-20-9-7-10-21-41)40-57(65-61)46-36-45(44-34-35-50-49-24-13-16-27-53(49)63(3,4)54(50)39-44)37-48(38-46)67-58-28-17-14-25-51(58)52-26-15-18-29-59(52)67/h5-40H,1H2,2-4H3/b55-6+,60-19+. The molecule has 1 aliphatic carbocycles. The Morgan fingerprint density at radius 3 is 1.75 bits per heavy atom. The molecule has 3 aromatic heterocycles. The molecule has 68 heavy (non-hydrogen) atoms. The van der Waals surface area contributed by atoms with Crippen molar-refractivity contribution in [3.8, 4) is 78.9 Å². The van der Waals surface area contributed by atoms with E-state index in [1.165, 1.54) is 33.0 Å². The van der Waals surface area contributed by atoms with Crippen molar-refractivity contribution in [1.29, 1.82) is 0 Å². The molecule has 0 fully saturated rings. The summed E-state index contributed by atoms with van der Waals surface area (Å²) >= 11 is 0. The second kappa shape index (κ2) is 16.3. The predicted octanol–water partition coefficient (Wildman–Crippen LogP) is 14.2. The van der Waals surface area contributed by atoms with E-state index in [9.17, 15) is 0 Å². The number of imidazole rings is 1. The highest BCUT2D eigenvalue weighted by atomic mass is 15.1. The third-order valence-corrected chi connectivity index (χ3v) is 13.7. The smallest absolute Gasteiger partial charge is 0.160 e. The van der Waals surface area contributed by atoms with E-state index in [1.54, 1.807) is 0 Å². The van der Waals surface area contributed by atoms with Crippen LogP contribution in [0.5, 0.6) is 0 Å². The van der Waals surface area contributed by atoms with Gasteiger partial charge in [0.1, 0.15) is 5.82 Å². The molecule has 0 N–H and O–H groups in total. The van der Waals surface area contributed by atoms with Crippen LogP contribution >= 0.6 is 0 Å². The number of benzene rings is 8. The van der Waals surface area contributed by atoms with Crippen LogP contribution in [0.15, 0.2) is 213 Å². The molecule has 0 spiro atoms. The van der Waals surface area contributed by atoms with Gasteiger partial charge in [-0.1, -0.05) is 178 Å². The first kappa shape index (κ1) is 40.8. The molecule has 1 aliphatic rings. The summed E-state index contributed by atoms with van der Waals surface area (Å²) in [7, 11) is 0. The summed E-state index contributed by atoms with van der Waals surface area (Å²) in [6.45, 7) is 10.7. The predicted molar refractivity (Wildman–Crippen MR) is 282 cm³/mol. The first-order valence-electron chi connectivity index (χ1n) is 23.3. The van der Waals surface area contributed by atoms with Crippen molar-refractivity contribution in [2.75, 3.05) is 0 Å². The van der Waals surface area contributed by atoms with Gasteiger partial charge in [-0.05, 0) is 101 Å². The van der Waals surface area contributed by atoms with E-state index in [2.05, 4.69) is 218 Å². The summed E-state index contributed by atoms with van der Waals surface area (Å²) in [5.74, 6) is 1.49. The van der Waals surface area contributed by atoms with Crippen LogP contribution in [0.25, 0.3) is 113 Å². The van der Waals surface area contributed by atoms with Gasteiger partial charge in [-0.3, -0.25) is 4.57 Å². The second-order valence-electron chi connectivity index (χ2n) is 18.0. The molecule has 0 aliphatic heterocycles. The van der Waals surface area contributed by atoms with E-state index in [-0.39, 0.29) is 5.41 Å². The van der Waals surface area contributed by atoms with Crippen LogP contribution in [-0.4, -0.2) is 24.1 Å². The molecule has 8 aromatic carbocycles. The van der Waals surface area contributed by atoms with Crippen molar-refractivity contribution < 1.29 is 0 Å². The fraction of sp³-hybridized carbons (Fsp3) is 0.0635. The van der Waals surface area contributed by atoms with Crippen LogP contribution in [-0.2, 0) is 5.41 Å². The van der Waals surface area contributed by atoms with Crippen LogP contribution < -0.4 is 10.7 Å². The number of hydrogen-bond acceptors (Lipinski definition) is 3. The number of nitrogens with zero attached hydrogens (tertiary/aromatic N) is 5. The van der Waals surface area contributed by atoms with Gasteiger partial charge in [-0.2, -0.15) is 0 Å². The minimum atomic E-state index is -0.138. The Morgan fingerprint density at radius 1 is 0.456 bits per heavy atom. The van der Waals surface area contributed by atoms with E-state index >= 15 is 0 Å². The van der Waals surface area contributed by atoms with Crippen LogP contribution in [0.1, 0.15) is 31.9 Å². The van der Waals surface area contributed by atoms with Crippen LogP contribution in [0.4, 0.5) is 0 Å². The molecule has 0 atom stereocenters. The van der Waals surface area contributed by atoms with Gasteiger partial charge in [0.25, 0.3) is 0 Å². The van der Waals surface area contributed by atoms with Gasteiger partial charge in [0.15, 0.2) is 5.82 Å². The Bertz CT molecular complexity index is 3840. The quantitative estimate of drug-likeness (QED) is 0.153. The van der Waals surface area contributed by atoms with E-state index in [0.29, 0.717) is 5.82 Å². The highest BCUT2D eigenvalue weighted by Crippen LogP contribution is 2.50. The topological polar surface area (TPSA) is 48.5 Å². The van der Waals surface area contributed by atoms with Crippen molar-refractivity contribution in [1.82, 2.24) is 24.1 Å². The summed E-state index contributed by atoms with van der Waals surface area (Å²) in [6.07, 6.45) is 5.88. The third-order valence-electron chi connectivity index (χ3n) is 13.7. The first-order chi connectivity index (χ1) is 33.4. The Labute approximate surface area is 396 Å². The Hall–Kier alpha value is -8.67. The molecule has 0 bridgehead atoms. The average molecular weight is 874 g/mol. The normalized spacial score (nSPS) is 13.3. The summed E-state index contributed by atoms with van der Waals surface area (Å²) in [6, 6.07) is 71.6. The summed E-state index contributed by atoms with van der Waals surface area (Å²) < 4.78 is 4.60. The number of fused-ring (bicyclic) bond motifs is 6. The largest absolute Gasteiger partial charge is 0.309 e. The lowest BCUT2D eigenvalue weighted by Crippen LogP contribution is -2.28. The van der Waals surface area contributed by atoms with Crippen molar-refractivity contribution in [2.45, 2.75) is 26.2 Å². The molecule has 11 aromatic rings. The molecule has 5 nitrogen and oxygen atoms in total. The van der Waals surface area contributed by atoms with Gasteiger partial charge in [0, 0.05) is 49.8 Å². The van der Waals surface area contributed by atoms with E-state index in [1.807, 2.05) is 37.3 Å². The van der Waals surface area contributed by atoms with Crippen LogP contribution in [0.2, 0.25) is 0 Å². The Morgan fingerprint density at radius 2 is 1.04 bits per heavy atom. The Kier molecular flexibility index (Phi) is 9.80. The minimum Gasteiger partial charge on any atom is -0.309 e. The van der Waals surface area contributed by atoms with E-state index in [4.69, 9.17) is 15.0 Å². The average Bonchev–Trinajstić information content (AvgIpc) is 4.01. The summed E-state index contributed by atoms with van der Waals surface area (Å²) in [4.78, 5) is 15.9. The van der Waals surface area contributed by atoms with Gasteiger partial charge in [0.05, 0.1) is 33.1 Å². The maximum atomic E-state index is 5.45. The number of aromatic nitrogens is 5. The number of rotatable bonds is 8. The molecule has 0 amide bonds. The van der Waals surface area contributed by atoms with Crippen molar-refractivity contribution >= 4 is 34.0 Å². The van der Waals surface area contributed by atoms with Gasteiger partial charge in [0.2, 0.25) is 0 Å². The minimum absolute atomic E-state index is 0.138. The molecule has 0 saturated heterocycles. The van der Waals surface area contributed by atoms with Crippen molar-refractivity contribution in [3.63, 3.8) is 0 Å². The number of para-hydroxylation sites is 3. The van der Waals surface area contributed by atoms with Gasteiger partial charge >= 0.3 is 0 Å². The van der Waals surface area contributed by atoms with Gasteiger partial charge < -0.3 is 4.57 Å². The second-order valence-corrected chi connectivity index (χ2v) is 18.0. The van der Waals surface area contributed by atoms with E-state index < -0.39 is 0 Å². The molecule has 12 rings (SSSR count). The zero-order chi connectivity index (χ0) is 45.9. The lowest BCUT2D eigenvalue weighted by molar-refractivity contribution is 0.660. The first-order valence-corrected chi connectivity index (χ1v) is 23.3. The van der Waals surface area contributed by atoms with Crippen molar-refractivity contribution in [3.05, 3.63) is 235 Å². The number of allylic oxidation sites excluding steroid dienone is 1. The van der Waals surface area contributed by atoms with Crippen LogP contribution in [0, 0.1) is 0 Å². The van der Waals surface area contributed by atoms with E-state index in [0.717, 1.165) is 83.7 Å². The third kappa shape index (κ3) is 6.74. The molecule has 324 valence electrons. The van der Waals surface area contributed by atoms with Crippen LogP contribution in [0.3, 0.4) is 0 Å². The fourth-order valence-electron chi connectivity index (χ4n) is 10.4. The molecule has 0 radical (unpaired) electrons. The zero-order valence-corrected chi connectivity index (χ0v) is 38.2. The maximum Gasteiger partial charge on any atom is 0.160 e. The maximum absolute atomic E-state index is 5.45. The molecule has 0 unspecified atom stereocenters. The lowest BCUT2D eigenvalue weighted by atomic mass is 9.81. The van der Waals surface area contributed by atoms with Gasteiger partial charge in [-0.25, -0.2) is 15.0 Å². The summed E-state index contributed by atoms with van der Waals surface area (Å²) in [5.41, 5.74) is 17.5. The Balaban J connectivity index is 1.05. The highest BCUT2D eigenvalue weighted by Gasteiger charge is 2.35. The molecular formula is C63H47N5. The van der Waals surface area contributed by atoms with Gasteiger partial charge in [-0.15, -0.1) is 0 Å². The SMILES string of the molecule is C=C/C=c1\c(=C/C)nc(-c2ccc(-c3nc(-c4ccccc4)cc(-c4cc(-c5ccc6c(c5)C(C)(C)c5ccccc5-6)cc(-n5c6ccccc6c6ccccc65)c4)n3)cc2)n1-c1ccccc1. The number of hydrogen-bond donors (Lipinski definition) is 0. The fourth-order valence-corrected chi connectivity index (χ4v) is 10.4. The molecular weight excluding hydrogens is 827 g/mol. The highest BCUT2D eigenvalue weighted by molar-refractivity contribution is 6.09. The zero-order valence-electron chi connectivity index (χ0n) is 38.2. The lowest BCUT2D eigenvalue weighted by Gasteiger charge is -2.22. The van der Waals surface area contributed by atoms with Crippen molar-refractivity contribution in [2.24, 2.45) is 0 Å².